The van der Waals surface area contributed by atoms with Crippen LogP contribution in [-0.2, 0) is 21.7 Å². The molecule has 1 unspecified atom stereocenters. The van der Waals surface area contributed by atoms with Crippen LogP contribution in [0.1, 0.15) is 17.7 Å². The molecule has 0 aliphatic heterocycles. The van der Waals surface area contributed by atoms with E-state index in [0.29, 0.717) is 33.9 Å². The van der Waals surface area contributed by atoms with E-state index in [-0.39, 0.29) is 6.61 Å². The minimum atomic E-state index is -5.38. The van der Waals surface area contributed by atoms with E-state index in [2.05, 4.69) is 5.10 Å². The summed E-state index contributed by atoms with van der Waals surface area (Å²) in [4.78, 5) is 11.8. The molecule has 35 heavy (non-hydrogen) atoms. The molecule has 0 fully saturated rings. The zero-order valence-electron chi connectivity index (χ0n) is 17.6. The molecule has 0 aliphatic carbocycles. The Hall–Kier alpha value is -2.15. The molecule has 2 rings (SSSR count). The number of carbonyl (C=O) groups excluding carboxylic acids is 1. The van der Waals surface area contributed by atoms with Gasteiger partial charge in [0.15, 0.2) is 22.3 Å². The summed E-state index contributed by atoms with van der Waals surface area (Å²) >= 11 is 13.4. The van der Waals surface area contributed by atoms with Gasteiger partial charge in [0.1, 0.15) is 16.7 Å². The number of benzene rings is 1. The summed E-state index contributed by atoms with van der Waals surface area (Å²) in [5, 5.41) is 11.5. The normalized spacial score (nSPS) is 12.8. The fraction of sp³-hybridized carbons (Fsp3) is 0.389. The number of hydrogen-bond acceptors (Lipinski definition) is 6. The standard InChI is InChI=1S/C18H14Cl2F6N4O3S2/c1-29(16(31)33-4-3-5-34-2)15-14(35(32)18(24,25)26)12(8-27)28-30(15)13-10(19)6-9(7-11(13)20)17(21,22)23/h6-7H,3-5H2,1-2H3. The number of ether oxygens (including phenoxy) is 1. The minimum absolute atomic E-state index is 0.122. The summed E-state index contributed by atoms with van der Waals surface area (Å²) in [6, 6.07) is 2.20. The number of alkyl halides is 6. The Balaban J connectivity index is 2.78. The van der Waals surface area contributed by atoms with Crippen LogP contribution in [0.15, 0.2) is 17.0 Å². The second-order valence-corrected chi connectivity index (χ2v) is 9.75. The van der Waals surface area contributed by atoms with Gasteiger partial charge in [0.05, 0.1) is 22.2 Å². The first-order valence-corrected chi connectivity index (χ1v) is 12.4. The van der Waals surface area contributed by atoms with E-state index in [1.807, 2.05) is 0 Å². The molecule has 0 N–H and O–H groups in total. The molecule has 0 spiro atoms. The highest BCUT2D eigenvalue weighted by molar-refractivity contribution is 7.98. The minimum Gasteiger partial charge on any atom is -0.449 e. The molecule has 2 aromatic rings. The molecule has 0 radical (unpaired) electrons. The number of thioether (sulfide) groups is 1. The SMILES string of the molecule is CSCCCOC(=O)N(C)c1c(S(=O)C(F)(F)F)c(C#N)nn1-c1c(Cl)cc(C(F)(F)F)cc1Cl. The molecule has 7 nitrogen and oxygen atoms in total. The molecule has 1 aromatic carbocycles. The van der Waals surface area contributed by atoms with Crippen LogP contribution in [-0.4, -0.2) is 51.3 Å². The van der Waals surface area contributed by atoms with Crippen LogP contribution in [0.2, 0.25) is 10.0 Å². The number of halogens is 8. The smallest absolute Gasteiger partial charge is 0.449 e. The Labute approximate surface area is 211 Å². The third-order valence-corrected chi connectivity index (χ3v) is 6.63. The number of amides is 1. The van der Waals surface area contributed by atoms with Crippen LogP contribution in [0.3, 0.4) is 0 Å². The van der Waals surface area contributed by atoms with Gasteiger partial charge in [-0.05, 0) is 30.6 Å². The lowest BCUT2D eigenvalue weighted by atomic mass is 10.2. The van der Waals surface area contributed by atoms with Crippen molar-refractivity contribution in [3.8, 4) is 11.8 Å². The van der Waals surface area contributed by atoms with Crippen molar-refractivity contribution in [3.63, 3.8) is 0 Å². The zero-order chi connectivity index (χ0) is 26.7. The van der Waals surface area contributed by atoms with Gasteiger partial charge < -0.3 is 4.74 Å². The number of aromatic nitrogens is 2. The third-order valence-electron chi connectivity index (χ3n) is 4.19. The van der Waals surface area contributed by atoms with Crippen LogP contribution < -0.4 is 4.90 Å². The van der Waals surface area contributed by atoms with Gasteiger partial charge in [0.25, 0.3) is 0 Å². The fourth-order valence-corrected chi connectivity index (χ4v) is 4.62. The third kappa shape index (κ3) is 6.54. The Bertz CT molecular complexity index is 1160. The predicted octanol–water partition coefficient (Wildman–Crippen LogP) is 6.02. The van der Waals surface area contributed by atoms with Crippen molar-refractivity contribution in [2.24, 2.45) is 0 Å². The molecule has 1 atom stereocenters. The van der Waals surface area contributed by atoms with E-state index in [0.717, 1.165) is 7.05 Å². The monoisotopic (exact) mass is 582 g/mol. The zero-order valence-corrected chi connectivity index (χ0v) is 20.8. The average molecular weight is 583 g/mol. The molecule has 17 heteroatoms. The molecule has 0 saturated heterocycles. The van der Waals surface area contributed by atoms with Crippen molar-refractivity contribution in [2.75, 3.05) is 30.6 Å². The van der Waals surface area contributed by atoms with Crippen molar-refractivity contribution < 1.29 is 40.1 Å². The Kier molecular flexibility index (Phi) is 9.37. The van der Waals surface area contributed by atoms with E-state index in [9.17, 15) is 40.6 Å². The van der Waals surface area contributed by atoms with E-state index in [1.165, 1.54) is 17.8 Å². The second kappa shape index (κ2) is 11.3. The van der Waals surface area contributed by atoms with Gasteiger partial charge in [-0.1, -0.05) is 23.2 Å². The van der Waals surface area contributed by atoms with E-state index < -0.39 is 66.3 Å². The first kappa shape index (κ1) is 29.1. The van der Waals surface area contributed by atoms with Crippen molar-refractivity contribution in [1.29, 1.82) is 5.26 Å². The summed E-state index contributed by atoms with van der Waals surface area (Å²) in [6.45, 7) is -0.122. The lowest BCUT2D eigenvalue weighted by molar-refractivity contribution is -0.137. The number of rotatable bonds is 7. The number of carbonyl (C=O) groups is 1. The Morgan fingerprint density at radius 2 is 1.83 bits per heavy atom. The summed E-state index contributed by atoms with van der Waals surface area (Å²) in [7, 11) is -2.94. The van der Waals surface area contributed by atoms with Crippen LogP contribution in [0.4, 0.5) is 37.0 Å². The van der Waals surface area contributed by atoms with Crippen LogP contribution in [0, 0.1) is 11.3 Å². The van der Waals surface area contributed by atoms with Crippen molar-refractivity contribution >= 4 is 57.7 Å². The van der Waals surface area contributed by atoms with Gasteiger partial charge in [-0.3, -0.25) is 4.90 Å². The van der Waals surface area contributed by atoms with Crippen LogP contribution in [0.5, 0.6) is 0 Å². The molecular weight excluding hydrogens is 569 g/mol. The molecular formula is C18H14Cl2F6N4O3S2. The highest BCUT2D eigenvalue weighted by Crippen LogP contribution is 2.42. The van der Waals surface area contributed by atoms with Gasteiger partial charge in [0.2, 0.25) is 0 Å². The van der Waals surface area contributed by atoms with Crippen molar-refractivity contribution in [2.45, 2.75) is 23.0 Å². The highest BCUT2D eigenvalue weighted by Gasteiger charge is 2.44. The number of hydrogen-bond donors (Lipinski definition) is 0. The number of nitriles is 1. The maximum atomic E-state index is 13.4. The first-order chi connectivity index (χ1) is 16.1. The lowest BCUT2D eigenvalue weighted by Gasteiger charge is -2.21. The topological polar surface area (TPSA) is 88.2 Å². The second-order valence-electron chi connectivity index (χ2n) is 6.55. The van der Waals surface area contributed by atoms with Gasteiger partial charge in [-0.15, -0.1) is 0 Å². The molecule has 0 bridgehead atoms. The largest absolute Gasteiger partial charge is 0.476 e. The summed E-state index contributed by atoms with van der Waals surface area (Å²) in [5.74, 6) is -0.274. The van der Waals surface area contributed by atoms with Gasteiger partial charge in [-0.2, -0.15) is 48.5 Å². The quantitative estimate of drug-likeness (QED) is 0.293. The van der Waals surface area contributed by atoms with Gasteiger partial charge in [-0.25, -0.2) is 13.7 Å². The van der Waals surface area contributed by atoms with Crippen molar-refractivity contribution in [3.05, 3.63) is 33.4 Å². The van der Waals surface area contributed by atoms with Gasteiger partial charge >= 0.3 is 17.8 Å². The molecule has 1 amide bonds. The molecule has 0 aliphatic rings. The van der Waals surface area contributed by atoms with Crippen LogP contribution in [0.25, 0.3) is 5.69 Å². The van der Waals surface area contributed by atoms with Crippen molar-refractivity contribution in [1.82, 2.24) is 9.78 Å². The Morgan fingerprint density at radius 3 is 2.29 bits per heavy atom. The fourth-order valence-electron chi connectivity index (χ4n) is 2.68. The van der Waals surface area contributed by atoms with Gasteiger partial charge in [0, 0.05) is 7.05 Å². The first-order valence-electron chi connectivity index (χ1n) is 9.12. The summed E-state index contributed by atoms with van der Waals surface area (Å²) in [5.41, 5.74) is -8.26. The maximum Gasteiger partial charge on any atom is 0.476 e. The summed E-state index contributed by atoms with van der Waals surface area (Å²) < 4.78 is 97.2. The molecule has 0 saturated carbocycles. The van der Waals surface area contributed by atoms with E-state index in [4.69, 9.17) is 27.9 Å². The summed E-state index contributed by atoms with van der Waals surface area (Å²) in [6.07, 6.45) is -3.87. The van der Waals surface area contributed by atoms with E-state index >= 15 is 0 Å². The number of anilines is 1. The highest BCUT2D eigenvalue weighted by atomic mass is 35.5. The lowest BCUT2D eigenvalue weighted by Crippen LogP contribution is -2.31. The molecule has 192 valence electrons. The van der Waals surface area contributed by atoms with Crippen LogP contribution >= 0.6 is 35.0 Å². The molecule has 1 aromatic heterocycles. The maximum absolute atomic E-state index is 13.4. The van der Waals surface area contributed by atoms with E-state index in [1.54, 1.807) is 6.26 Å². The Morgan fingerprint density at radius 1 is 1.26 bits per heavy atom. The number of nitrogens with zero attached hydrogens (tertiary/aromatic N) is 4. The molecule has 1 heterocycles. The predicted molar refractivity (Wildman–Crippen MR) is 119 cm³/mol. The average Bonchev–Trinajstić information content (AvgIpc) is 3.12.